The van der Waals surface area contributed by atoms with Crippen molar-refractivity contribution in [2.75, 3.05) is 12.8 Å². The van der Waals surface area contributed by atoms with Crippen molar-refractivity contribution in [3.63, 3.8) is 0 Å². The SMILES string of the molecule is CSC(C)(C)CNCc1ccc(Cl)cc1Cl. The van der Waals surface area contributed by atoms with Gasteiger partial charge < -0.3 is 5.32 Å². The maximum absolute atomic E-state index is 6.08. The number of hydrogen-bond acceptors (Lipinski definition) is 2. The predicted molar refractivity (Wildman–Crippen MR) is 75.8 cm³/mol. The average Bonchev–Trinajstić information content (AvgIpc) is 2.21. The summed E-state index contributed by atoms with van der Waals surface area (Å²) >= 11 is 13.8. The molecule has 0 amide bonds. The van der Waals surface area contributed by atoms with Gasteiger partial charge in [-0.2, -0.15) is 11.8 Å². The molecule has 0 radical (unpaired) electrons. The first-order chi connectivity index (χ1) is 7.44. The Morgan fingerprint density at radius 1 is 1.31 bits per heavy atom. The number of hydrogen-bond donors (Lipinski definition) is 1. The first kappa shape index (κ1) is 14.2. The van der Waals surface area contributed by atoms with Crippen LogP contribution < -0.4 is 5.32 Å². The summed E-state index contributed by atoms with van der Waals surface area (Å²) in [5.41, 5.74) is 1.09. The highest BCUT2D eigenvalue weighted by molar-refractivity contribution is 7.99. The molecule has 1 N–H and O–H groups in total. The Labute approximate surface area is 112 Å². The van der Waals surface area contributed by atoms with E-state index < -0.39 is 0 Å². The number of nitrogens with one attached hydrogen (secondary N) is 1. The van der Waals surface area contributed by atoms with Crippen molar-refractivity contribution < 1.29 is 0 Å². The minimum Gasteiger partial charge on any atom is -0.311 e. The lowest BCUT2D eigenvalue weighted by molar-refractivity contribution is 0.591. The van der Waals surface area contributed by atoms with Crippen LogP contribution in [-0.2, 0) is 6.54 Å². The molecule has 0 aliphatic rings. The van der Waals surface area contributed by atoms with E-state index in [2.05, 4.69) is 25.4 Å². The summed E-state index contributed by atoms with van der Waals surface area (Å²) < 4.78 is 0.249. The third-order valence-electron chi connectivity index (χ3n) is 2.43. The molecule has 0 heterocycles. The van der Waals surface area contributed by atoms with E-state index in [9.17, 15) is 0 Å². The fraction of sp³-hybridized carbons (Fsp3) is 0.500. The van der Waals surface area contributed by atoms with Crippen LogP contribution in [0.2, 0.25) is 10.0 Å². The van der Waals surface area contributed by atoms with Crippen molar-refractivity contribution in [2.45, 2.75) is 25.1 Å². The predicted octanol–water partition coefficient (Wildman–Crippen LogP) is 4.22. The highest BCUT2D eigenvalue weighted by Gasteiger charge is 2.14. The van der Waals surface area contributed by atoms with Crippen LogP contribution in [0.25, 0.3) is 0 Å². The monoisotopic (exact) mass is 277 g/mol. The molecule has 1 rings (SSSR count). The molecule has 0 aliphatic carbocycles. The van der Waals surface area contributed by atoms with Gasteiger partial charge in [0.05, 0.1) is 0 Å². The zero-order valence-corrected chi connectivity index (χ0v) is 12.1. The highest BCUT2D eigenvalue weighted by atomic mass is 35.5. The Balaban J connectivity index is 2.49. The first-order valence-electron chi connectivity index (χ1n) is 5.14. The van der Waals surface area contributed by atoms with E-state index in [1.54, 1.807) is 6.07 Å². The largest absolute Gasteiger partial charge is 0.311 e. The van der Waals surface area contributed by atoms with Crippen LogP contribution in [0.5, 0.6) is 0 Å². The molecule has 90 valence electrons. The number of thioether (sulfide) groups is 1. The summed E-state index contributed by atoms with van der Waals surface area (Å²) in [5, 5.41) is 4.81. The molecule has 16 heavy (non-hydrogen) atoms. The molecule has 1 aromatic rings. The first-order valence-corrected chi connectivity index (χ1v) is 7.12. The lowest BCUT2D eigenvalue weighted by atomic mass is 10.2. The van der Waals surface area contributed by atoms with E-state index >= 15 is 0 Å². The summed E-state index contributed by atoms with van der Waals surface area (Å²) in [6.07, 6.45) is 2.12. The molecule has 0 fully saturated rings. The fourth-order valence-corrected chi connectivity index (χ4v) is 1.96. The minimum absolute atomic E-state index is 0.249. The molecular weight excluding hydrogens is 261 g/mol. The van der Waals surface area contributed by atoms with Gasteiger partial charge in [0.2, 0.25) is 0 Å². The second kappa shape index (κ2) is 6.15. The maximum Gasteiger partial charge on any atom is 0.0465 e. The Bertz CT molecular complexity index is 353. The quantitative estimate of drug-likeness (QED) is 0.865. The van der Waals surface area contributed by atoms with Crippen LogP contribution in [0.4, 0.5) is 0 Å². The molecule has 0 atom stereocenters. The molecule has 1 nitrogen and oxygen atoms in total. The van der Waals surface area contributed by atoms with E-state index in [0.717, 1.165) is 23.7 Å². The van der Waals surface area contributed by atoms with Crippen LogP contribution in [0, 0.1) is 0 Å². The standard InChI is InChI=1S/C12H17Cl2NS/c1-12(2,16-3)8-15-7-9-4-5-10(13)6-11(9)14/h4-6,15H,7-8H2,1-3H3. The molecule has 1 aromatic carbocycles. The van der Waals surface area contributed by atoms with Crippen molar-refractivity contribution in [1.82, 2.24) is 5.32 Å². The van der Waals surface area contributed by atoms with E-state index in [1.807, 2.05) is 23.9 Å². The molecular formula is C12H17Cl2NS. The Morgan fingerprint density at radius 2 is 2.00 bits per heavy atom. The van der Waals surface area contributed by atoms with Crippen molar-refractivity contribution in [3.05, 3.63) is 33.8 Å². The third kappa shape index (κ3) is 4.54. The Kier molecular flexibility index (Phi) is 5.45. The molecule has 0 saturated carbocycles. The van der Waals surface area contributed by atoms with Gasteiger partial charge in [-0.15, -0.1) is 0 Å². The third-order valence-corrected chi connectivity index (χ3v) is 4.27. The molecule has 0 spiro atoms. The smallest absolute Gasteiger partial charge is 0.0465 e. The zero-order chi connectivity index (χ0) is 12.2. The van der Waals surface area contributed by atoms with Gasteiger partial charge >= 0.3 is 0 Å². The van der Waals surface area contributed by atoms with Gasteiger partial charge in [-0.3, -0.25) is 0 Å². The van der Waals surface area contributed by atoms with Gasteiger partial charge in [-0.25, -0.2) is 0 Å². The summed E-state index contributed by atoms with van der Waals surface area (Å²) in [6.45, 7) is 6.16. The molecule has 0 unspecified atom stereocenters. The van der Waals surface area contributed by atoms with Crippen LogP contribution in [0.3, 0.4) is 0 Å². The van der Waals surface area contributed by atoms with Crippen molar-refractivity contribution >= 4 is 35.0 Å². The fourth-order valence-electron chi connectivity index (χ4n) is 1.24. The van der Waals surface area contributed by atoms with Crippen molar-refractivity contribution in [1.29, 1.82) is 0 Å². The minimum atomic E-state index is 0.249. The van der Waals surface area contributed by atoms with Gasteiger partial charge in [0.25, 0.3) is 0 Å². The number of halogens is 2. The summed E-state index contributed by atoms with van der Waals surface area (Å²) in [5.74, 6) is 0. The topological polar surface area (TPSA) is 12.0 Å². The van der Waals surface area contributed by atoms with Crippen LogP contribution in [0.15, 0.2) is 18.2 Å². The van der Waals surface area contributed by atoms with E-state index in [-0.39, 0.29) is 4.75 Å². The van der Waals surface area contributed by atoms with E-state index in [1.165, 1.54) is 0 Å². The normalized spacial score (nSPS) is 11.8. The second-order valence-corrected chi connectivity index (χ2v) is 6.66. The van der Waals surface area contributed by atoms with Gasteiger partial charge in [-0.1, -0.05) is 29.3 Å². The van der Waals surface area contributed by atoms with Gasteiger partial charge in [0.1, 0.15) is 0 Å². The zero-order valence-electron chi connectivity index (χ0n) is 9.81. The maximum atomic E-state index is 6.08. The number of benzene rings is 1. The average molecular weight is 278 g/mol. The molecule has 4 heteroatoms. The van der Waals surface area contributed by atoms with Crippen LogP contribution in [0.1, 0.15) is 19.4 Å². The van der Waals surface area contributed by atoms with Crippen molar-refractivity contribution in [3.8, 4) is 0 Å². The van der Waals surface area contributed by atoms with Gasteiger partial charge in [0, 0.05) is 27.9 Å². The summed E-state index contributed by atoms with van der Waals surface area (Å²) in [4.78, 5) is 0. The van der Waals surface area contributed by atoms with Crippen LogP contribution in [-0.4, -0.2) is 17.5 Å². The molecule has 0 aromatic heterocycles. The summed E-state index contributed by atoms with van der Waals surface area (Å²) in [6, 6.07) is 5.60. The molecule has 0 aliphatic heterocycles. The Morgan fingerprint density at radius 3 is 2.56 bits per heavy atom. The molecule has 0 saturated heterocycles. The molecule has 0 bridgehead atoms. The van der Waals surface area contributed by atoms with E-state index in [0.29, 0.717) is 5.02 Å². The van der Waals surface area contributed by atoms with Gasteiger partial charge in [0.15, 0.2) is 0 Å². The summed E-state index contributed by atoms with van der Waals surface area (Å²) in [7, 11) is 0. The number of rotatable bonds is 5. The van der Waals surface area contributed by atoms with E-state index in [4.69, 9.17) is 23.2 Å². The Hall–Kier alpha value is 0.110. The van der Waals surface area contributed by atoms with Gasteiger partial charge in [-0.05, 0) is 37.8 Å². The van der Waals surface area contributed by atoms with Crippen LogP contribution >= 0.6 is 35.0 Å². The second-order valence-electron chi connectivity index (χ2n) is 4.30. The lowest BCUT2D eigenvalue weighted by Gasteiger charge is -2.22. The lowest BCUT2D eigenvalue weighted by Crippen LogP contribution is -2.31. The highest BCUT2D eigenvalue weighted by Crippen LogP contribution is 2.22. The van der Waals surface area contributed by atoms with Crippen molar-refractivity contribution in [2.24, 2.45) is 0 Å².